The summed E-state index contributed by atoms with van der Waals surface area (Å²) in [6.07, 6.45) is 2.03. The van der Waals surface area contributed by atoms with E-state index in [0.717, 1.165) is 31.0 Å². The first-order valence-corrected chi connectivity index (χ1v) is 13.7. The Morgan fingerprint density at radius 2 is 1.61 bits per heavy atom. The smallest absolute Gasteiger partial charge is 0.267 e. The van der Waals surface area contributed by atoms with Gasteiger partial charge in [0.15, 0.2) is 0 Å². The maximum absolute atomic E-state index is 8.49. The third-order valence-corrected chi connectivity index (χ3v) is 8.43. The van der Waals surface area contributed by atoms with E-state index in [4.69, 9.17) is 30.2 Å². The fraction of sp³-hybridized carbons (Fsp3) is 0.261. The van der Waals surface area contributed by atoms with Gasteiger partial charge in [-0.15, -0.1) is 10.2 Å². The van der Waals surface area contributed by atoms with Gasteiger partial charge < -0.3 is 4.90 Å². The highest BCUT2D eigenvalue weighted by atomic mass is 35.7. The number of thioether (sulfide) groups is 1. The van der Waals surface area contributed by atoms with Crippen LogP contribution in [0.4, 0.5) is 5.69 Å². The van der Waals surface area contributed by atoms with Crippen LogP contribution in [0.2, 0.25) is 0 Å². The summed E-state index contributed by atoms with van der Waals surface area (Å²) in [5, 5.41) is 3.59. The lowest BCUT2D eigenvalue weighted by atomic mass is 10.2. The molecule has 5 rings (SSSR count). The number of fused-ring (bicyclic) bond motifs is 2. The molecule has 0 radical (unpaired) electrons. The van der Waals surface area contributed by atoms with Crippen LogP contribution in [0, 0.1) is 10.2 Å². The molecule has 0 atom stereocenters. The minimum atomic E-state index is -4.94. The molecule has 0 fully saturated rings. The summed E-state index contributed by atoms with van der Waals surface area (Å²) in [5.41, 5.74) is 5.22. The monoisotopic (exact) mass is 524 g/mol. The molecule has 1 aliphatic heterocycles. The van der Waals surface area contributed by atoms with Gasteiger partial charge in [0, 0.05) is 23.1 Å². The number of anilines is 1. The third-order valence-electron chi connectivity index (χ3n) is 5.52. The van der Waals surface area contributed by atoms with Gasteiger partial charge in [0.05, 0.1) is 21.3 Å². The molecule has 0 spiro atoms. The fourth-order valence-corrected chi connectivity index (χ4v) is 7.29. The first-order chi connectivity index (χ1) is 15.7. The first-order valence-electron chi connectivity index (χ1n) is 10.4. The Bertz CT molecular complexity index is 1240. The molecule has 2 heterocycles. The van der Waals surface area contributed by atoms with Crippen LogP contribution < -0.4 is 28.1 Å². The van der Waals surface area contributed by atoms with E-state index in [9.17, 15) is 0 Å². The number of allylic oxidation sites excluding steroid dienone is 3. The van der Waals surface area contributed by atoms with Gasteiger partial charge in [-0.2, -0.15) is 4.57 Å². The highest BCUT2D eigenvalue weighted by molar-refractivity contribution is 8.03. The number of hydrogen-bond donors (Lipinski definition) is 0. The highest BCUT2D eigenvalue weighted by Crippen LogP contribution is 2.52. The molecule has 0 saturated carbocycles. The van der Waals surface area contributed by atoms with E-state index in [2.05, 4.69) is 71.8 Å². The van der Waals surface area contributed by atoms with Crippen molar-refractivity contribution in [2.45, 2.75) is 38.1 Å². The average Bonchev–Trinajstić information content (AvgIpc) is 3.44. The standard InChI is InChI=1S/C23H22ClN2S2.ClHO4/c1-3-25-17-9-5-7-11-19(17)27-22(25)15-13-14-16(21(15)24)23-26(4-2)18-10-6-8-12-20(18)28-23;2-1(3,4)5/h5-12H,3-4,13-14H2,1-2H3;(H,2,3,4,5)/q+1;/p-1. The van der Waals surface area contributed by atoms with Gasteiger partial charge in [0.25, 0.3) is 5.01 Å². The molecule has 3 aromatic rings. The maximum Gasteiger partial charge on any atom is 0.267 e. The Kier molecular flexibility index (Phi) is 7.38. The van der Waals surface area contributed by atoms with E-state index in [-0.39, 0.29) is 0 Å². The molecule has 0 bridgehead atoms. The molecule has 174 valence electrons. The first kappa shape index (κ1) is 24.5. The molecule has 0 amide bonds. The lowest BCUT2D eigenvalue weighted by Crippen LogP contribution is -2.68. The number of para-hydroxylation sites is 2. The number of aryl methyl sites for hydroxylation is 1. The van der Waals surface area contributed by atoms with Gasteiger partial charge in [0.2, 0.25) is 5.52 Å². The van der Waals surface area contributed by atoms with Crippen molar-refractivity contribution in [2.75, 3.05) is 11.4 Å². The fourth-order valence-electron chi connectivity index (χ4n) is 4.20. The second-order valence-corrected chi connectivity index (χ2v) is 10.6. The number of hydrogen-bond acceptors (Lipinski definition) is 7. The van der Waals surface area contributed by atoms with Crippen molar-refractivity contribution in [1.29, 1.82) is 0 Å². The molecule has 0 unspecified atom stereocenters. The molecule has 0 N–H and O–H groups in total. The van der Waals surface area contributed by atoms with Crippen LogP contribution in [0.15, 0.2) is 69.1 Å². The molecule has 6 nitrogen and oxygen atoms in total. The lowest BCUT2D eigenvalue weighted by molar-refractivity contribution is -2.00. The number of benzene rings is 2. The number of thiazole rings is 1. The second-order valence-electron chi connectivity index (χ2n) is 7.39. The maximum atomic E-state index is 8.49. The van der Waals surface area contributed by atoms with Crippen LogP contribution in [-0.2, 0) is 6.54 Å². The summed E-state index contributed by atoms with van der Waals surface area (Å²) < 4.78 is 37.7. The molecule has 1 aliphatic carbocycles. The van der Waals surface area contributed by atoms with E-state index in [1.165, 1.54) is 42.0 Å². The van der Waals surface area contributed by atoms with Gasteiger partial charge >= 0.3 is 0 Å². The zero-order chi connectivity index (χ0) is 23.8. The second kappa shape index (κ2) is 9.93. The SMILES string of the molecule is CCN1/C(=C2\CCC(c3sc4ccccc4[n+]3CC)=C2Cl)Sc2ccccc21.[O-][Cl+3]([O-])([O-])[O-]. The predicted molar refractivity (Wildman–Crippen MR) is 122 cm³/mol. The van der Waals surface area contributed by atoms with Gasteiger partial charge in [0.1, 0.15) is 11.2 Å². The predicted octanol–water partition coefficient (Wildman–Crippen LogP) is 2.04. The number of halogens is 2. The molecule has 1 aromatic heterocycles. The van der Waals surface area contributed by atoms with Crippen molar-refractivity contribution >= 4 is 56.2 Å². The van der Waals surface area contributed by atoms with Crippen molar-refractivity contribution in [3.8, 4) is 0 Å². The van der Waals surface area contributed by atoms with Crippen molar-refractivity contribution < 1.29 is 33.4 Å². The molecule has 10 heteroatoms. The summed E-state index contributed by atoms with van der Waals surface area (Å²) in [7, 11) is -4.94. The van der Waals surface area contributed by atoms with Crippen LogP contribution in [0.25, 0.3) is 15.8 Å². The van der Waals surface area contributed by atoms with E-state index >= 15 is 0 Å². The molecule has 0 saturated heterocycles. The summed E-state index contributed by atoms with van der Waals surface area (Å²) in [6.45, 7) is 6.35. The molecule has 33 heavy (non-hydrogen) atoms. The molecule has 2 aliphatic rings. The summed E-state index contributed by atoms with van der Waals surface area (Å²) in [5.74, 6) is 0. The van der Waals surface area contributed by atoms with Gasteiger partial charge in [-0.05, 0) is 44.9 Å². The Hall–Kier alpha value is -1.62. The Morgan fingerprint density at radius 1 is 0.970 bits per heavy atom. The van der Waals surface area contributed by atoms with Gasteiger partial charge in [-0.25, -0.2) is 18.6 Å². The topological polar surface area (TPSA) is 99.4 Å². The lowest BCUT2D eigenvalue weighted by Gasteiger charge is -2.20. The van der Waals surface area contributed by atoms with Crippen molar-refractivity contribution in [3.05, 3.63) is 69.2 Å². The van der Waals surface area contributed by atoms with Crippen LogP contribution >= 0.6 is 34.7 Å². The van der Waals surface area contributed by atoms with Crippen LogP contribution in [0.1, 0.15) is 31.7 Å². The normalized spacial score (nSPS) is 18.1. The van der Waals surface area contributed by atoms with Gasteiger partial charge in [-0.3, -0.25) is 0 Å². The Labute approximate surface area is 207 Å². The van der Waals surface area contributed by atoms with Gasteiger partial charge in [-0.1, -0.05) is 59.0 Å². The zero-order valence-corrected chi connectivity index (χ0v) is 21.2. The van der Waals surface area contributed by atoms with E-state index in [1.54, 1.807) is 0 Å². The summed E-state index contributed by atoms with van der Waals surface area (Å²) >= 11 is 10.8. The average molecular weight is 525 g/mol. The van der Waals surface area contributed by atoms with Crippen LogP contribution in [-0.4, -0.2) is 6.54 Å². The van der Waals surface area contributed by atoms with Crippen molar-refractivity contribution in [1.82, 2.24) is 0 Å². The van der Waals surface area contributed by atoms with E-state index < -0.39 is 10.2 Å². The summed E-state index contributed by atoms with van der Waals surface area (Å²) in [4.78, 5) is 3.75. The molecular weight excluding hydrogens is 503 g/mol. The van der Waals surface area contributed by atoms with Crippen LogP contribution in [0.5, 0.6) is 0 Å². The largest absolute Gasteiger partial charge is 0.335 e. The van der Waals surface area contributed by atoms with Crippen molar-refractivity contribution in [2.24, 2.45) is 0 Å². The van der Waals surface area contributed by atoms with E-state index in [1.807, 2.05) is 23.1 Å². The Balaban J connectivity index is 0.000000471. The zero-order valence-electron chi connectivity index (χ0n) is 18.0. The minimum absolute atomic E-state index is 0.959. The Morgan fingerprint density at radius 3 is 2.30 bits per heavy atom. The number of rotatable bonds is 3. The number of nitrogens with zero attached hydrogens (tertiary/aromatic N) is 2. The molecule has 2 aromatic carbocycles. The summed E-state index contributed by atoms with van der Waals surface area (Å²) in [6, 6.07) is 17.3. The molecular formula is C23H22Cl2N2O4S2. The van der Waals surface area contributed by atoms with Crippen molar-refractivity contribution in [3.63, 3.8) is 0 Å². The third kappa shape index (κ3) is 5.08. The van der Waals surface area contributed by atoms with E-state index in [0.29, 0.717) is 0 Å². The van der Waals surface area contributed by atoms with Crippen LogP contribution in [0.3, 0.4) is 0 Å². The minimum Gasteiger partial charge on any atom is -0.335 e. The number of aromatic nitrogens is 1. The highest BCUT2D eigenvalue weighted by Gasteiger charge is 2.34. The quantitative estimate of drug-likeness (QED) is 0.486.